The fourth-order valence-corrected chi connectivity index (χ4v) is 5.13. The number of piperazine rings is 1. The van der Waals surface area contributed by atoms with Crippen LogP contribution in [-0.2, 0) is 0 Å². The van der Waals surface area contributed by atoms with Gasteiger partial charge in [0.1, 0.15) is 11.5 Å². The smallest absolute Gasteiger partial charge is 0.271 e. The van der Waals surface area contributed by atoms with Crippen LogP contribution in [0.1, 0.15) is 10.5 Å². The van der Waals surface area contributed by atoms with Crippen LogP contribution >= 0.6 is 23.4 Å². The van der Waals surface area contributed by atoms with E-state index in [9.17, 15) is 9.18 Å². The number of amides is 1. The number of carbonyl (C=O) groups excluding carboxylic acids is 1. The maximum absolute atomic E-state index is 13.5. The van der Waals surface area contributed by atoms with Gasteiger partial charge in [0.2, 0.25) is 0 Å². The molecule has 0 spiro atoms. The quantitative estimate of drug-likeness (QED) is 0.397. The molecule has 0 aliphatic carbocycles. The first-order valence-electron chi connectivity index (χ1n) is 10.4. The SMILES string of the molecule is O=C(c1[nH]c2ccccc2c1Sc1ccc(Cl)cc1)N1CCN(c2ccc(F)cc2)CC1. The maximum Gasteiger partial charge on any atom is 0.271 e. The number of aromatic nitrogens is 1. The topological polar surface area (TPSA) is 39.3 Å². The van der Waals surface area contributed by atoms with E-state index >= 15 is 0 Å². The Morgan fingerprint density at radius 3 is 2.31 bits per heavy atom. The Hall–Kier alpha value is -2.96. The van der Waals surface area contributed by atoms with E-state index in [-0.39, 0.29) is 11.7 Å². The molecular weight excluding hydrogens is 445 g/mol. The summed E-state index contributed by atoms with van der Waals surface area (Å²) in [6.45, 7) is 2.63. The molecule has 4 nitrogen and oxygen atoms in total. The number of anilines is 1. The number of hydrogen-bond acceptors (Lipinski definition) is 3. The number of nitrogens with zero attached hydrogens (tertiary/aromatic N) is 2. The molecule has 1 aliphatic heterocycles. The molecule has 4 aromatic rings. The number of hydrogen-bond donors (Lipinski definition) is 1. The fraction of sp³-hybridized carbons (Fsp3) is 0.160. The van der Waals surface area contributed by atoms with Crippen molar-refractivity contribution in [2.45, 2.75) is 9.79 Å². The zero-order chi connectivity index (χ0) is 22.1. The van der Waals surface area contributed by atoms with Crippen LogP contribution in [0.5, 0.6) is 0 Å². The monoisotopic (exact) mass is 465 g/mol. The number of fused-ring (bicyclic) bond motifs is 1. The van der Waals surface area contributed by atoms with E-state index in [1.807, 2.05) is 53.4 Å². The molecule has 162 valence electrons. The third-order valence-electron chi connectivity index (χ3n) is 5.66. The van der Waals surface area contributed by atoms with Gasteiger partial charge in [-0.3, -0.25) is 4.79 Å². The number of carbonyl (C=O) groups is 1. The number of nitrogens with one attached hydrogen (secondary N) is 1. The summed E-state index contributed by atoms with van der Waals surface area (Å²) in [7, 11) is 0. The van der Waals surface area contributed by atoms with E-state index in [0.29, 0.717) is 36.9 Å². The van der Waals surface area contributed by atoms with Crippen LogP contribution in [0.4, 0.5) is 10.1 Å². The van der Waals surface area contributed by atoms with Crippen LogP contribution in [0, 0.1) is 5.82 Å². The van der Waals surface area contributed by atoms with Gasteiger partial charge in [0.15, 0.2) is 0 Å². The largest absolute Gasteiger partial charge is 0.368 e. The molecule has 0 atom stereocenters. The minimum Gasteiger partial charge on any atom is -0.368 e. The van der Waals surface area contributed by atoms with Crippen LogP contribution in [0.25, 0.3) is 10.9 Å². The van der Waals surface area contributed by atoms with Crippen molar-refractivity contribution in [1.82, 2.24) is 9.88 Å². The van der Waals surface area contributed by atoms with Gasteiger partial charge in [-0.1, -0.05) is 41.6 Å². The van der Waals surface area contributed by atoms with Crippen LogP contribution in [0.2, 0.25) is 5.02 Å². The lowest BCUT2D eigenvalue weighted by Crippen LogP contribution is -2.49. The second kappa shape index (κ2) is 8.88. The van der Waals surface area contributed by atoms with Gasteiger partial charge in [0.05, 0.1) is 4.90 Å². The van der Waals surface area contributed by atoms with Gasteiger partial charge in [0.25, 0.3) is 5.91 Å². The molecule has 7 heteroatoms. The normalized spacial score (nSPS) is 14.2. The van der Waals surface area contributed by atoms with Gasteiger partial charge < -0.3 is 14.8 Å². The van der Waals surface area contributed by atoms with Gasteiger partial charge in [-0.25, -0.2) is 4.39 Å². The Morgan fingerprint density at radius 2 is 1.59 bits per heavy atom. The Kier molecular flexibility index (Phi) is 5.81. The van der Waals surface area contributed by atoms with Crippen molar-refractivity contribution in [3.8, 4) is 0 Å². The molecule has 0 unspecified atom stereocenters. The third kappa shape index (κ3) is 4.20. The first-order valence-corrected chi connectivity index (χ1v) is 11.6. The number of para-hydroxylation sites is 1. The van der Waals surface area contributed by atoms with E-state index < -0.39 is 0 Å². The Bertz CT molecular complexity index is 1250. The molecule has 0 radical (unpaired) electrons. The first kappa shape index (κ1) is 20.9. The average Bonchev–Trinajstić information content (AvgIpc) is 3.19. The number of halogens is 2. The molecule has 2 heterocycles. The van der Waals surface area contributed by atoms with E-state index in [2.05, 4.69) is 9.88 Å². The molecule has 1 fully saturated rings. The van der Waals surface area contributed by atoms with Gasteiger partial charge in [-0.05, 0) is 54.6 Å². The summed E-state index contributed by atoms with van der Waals surface area (Å²) >= 11 is 7.60. The molecule has 0 bridgehead atoms. The lowest BCUT2D eigenvalue weighted by molar-refractivity contribution is 0.0738. The second-order valence-corrected chi connectivity index (χ2v) is 9.21. The minimum absolute atomic E-state index is 0.00332. The van der Waals surface area contributed by atoms with Crippen LogP contribution in [-0.4, -0.2) is 42.0 Å². The van der Waals surface area contributed by atoms with E-state index in [4.69, 9.17) is 11.6 Å². The van der Waals surface area contributed by atoms with Gasteiger partial charge in [-0.15, -0.1) is 0 Å². The Labute approximate surface area is 195 Å². The van der Waals surface area contributed by atoms with Crippen LogP contribution in [0.3, 0.4) is 0 Å². The second-order valence-electron chi connectivity index (χ2n) is 7.69. The number of rotatable bonds is 4. The van der Waals surface area contributed by atoms with E-state index in [1.165, 1.54) is 12.1 Å². The highest BCUT2D eigenvalue weighted by molar-refractivity contribution is 7.99. The van der Waals surface area contributed by atoms with Gasteiger partial charge >= 0.3 is 0 Å². The Morgan fingerprint density at radius 1 is 0.906 bits per heavy atom. The maximum atomic E-state index is 13.5. The van der Waals surface area contributed by atoms with Gasteiger partial charge in [0, 0.05) is 52.7 Å². The molecule has 5 rings (SSSR count). The minimum atomic E-state index is -0.243. The summed E-state index contributed by atoms with van der Waals surface area (Å²) in [4.78, 5) is 22.9. The van der Waals surface area contributed by atoms with E-state index in [0.717, 1.165) is 26.4 Å². The molecule has 1 aliphatic rings. The summed E-state index contributed by atoms with van der Waals surface area (Å²) in [6, 6.07) is 22.1. The third-order valence-corrected chi connectivity index (χ3v) is 7.05. The lowest BCUT2D eigenvalue weighted by atomic mass is 10.2. The fourth-order valence-electron chi connectivity index (χ4n) is 3.97. The molecule has 1 amide bonds. The summed E-state index contributed by atoms with van der Waals surface area (Å²) in [6.07, 6.45) is 0. The predicted molar refractivity (Wildman–Crippen MR) is 128 cm³/mol. The molecule has 32 heavy (non-hydrogen) atoms. The first-order chi connectivity index (χ1) is 15.6. The van der Waals surface area contributed by atoms with Crippen molar-refractivity contribution < 1.29 is 9.18 Å². The molecule has 1 saturated heterocycles. The lowest BCUT2D eigenvalue weighted by Gasteiger charge is -2.36. The molecule has 1 aromatic heterocycles. The predicted octanol–water partition coefficient (Wildman–Crippen LogP) is 6.07. The van der Waals surface area contributed by atoms with Crippen LogP contribution in [0.15, 0.2) is 82.6 Å². The average molecular weight is 466 g/mol. The summed E-state index contributed by atoms with van der Waals surface area (Å²) in [5.41, 5.74) is 2.53. The van der Waals surface area contributed by atoms with Crippen molar-refractivity contribution in [3.05, 3.63) is 89.3 Å². The summed E-state index contributed by atoms with van der Waals surface area (Å²) in [5.74, 6) is -0.247. The van der Waals surface area contributed by atoms with Crippen molar-refractivity contribution in [2.75, 3.05) is 31.1 Å². The van der Waals surface area contributed by atoms with E-state index in [1.54, 1.807) is 23.9 Å². The Balaban J connectivity index is 1.38. The summed E-state index contributed by atoms with van der Waals surface area (Å²) < 4.78 is 13.2. The number of aromatic amines is 1. The highest BCUT2D eigenvalue weighted by atomic mass is 35.5. The molecular formula is C25H21ClFN3OS. The number of H-pyrrole nitrogens is 1. The van der Waals surface area contributed by atoms with Crippen molar-refractivity contribution in [3.63, 3.8) is 0 Å². The zero-order valence-electron chi connectivity index (χ0n) is 17.2. The van der Waals surface area contributed by atoms with Crippen LogP contribution < -0.4 is 4.90 Å². The van der Waals surface area contributed by atoms with Crippen molar-refractivity contribution in [1.29, 1.82) is 0 Å². The summed E-state index contributed by atoms with van der Waals surface area (Å²) in [5, 5.41) is 1.71. The molecule has 3 aromatic carbocycles. The molecule has 1 N–H and O–H groups in total. The van der Waals surface area contributed by atoms with Gasteiger partial charge in [-0.2, -0.15) is 0 Å². The highest BCUT2D eigenvalue weighted by Gasteiger charge is 2.27. The van der Waals surface area contributed by atoms with Crippen molar-refractivity contribution >= 4 is 45.9 Å². The zero-order valence-corrected chi connectivity index (χ0v) is 18.8. The standard InChI is InChI=1S/C25H21ClFN3OS/c26-17-5-11-20(12-6-17)32-24-21-3-1-2-4-22(21)28-23(24)25(31)30-15-13-29(14-16-30)19-9-7-18(27)8-10-19/h1-12,28H,13-16H2. The molecule has 0 saturated carbocycles. The highest BCUT2D eigenvalue weighted by Crippen LogP contribution is 2.37. The number of benzene rings is 3. The van der Waals surface area contributed by atoms with Crippen molar-refractivity contribution in [2.24, 2.45) is 0 Å².